The highest BCUT2D eigenvalue weighted by atomic mass is 16.7. The van der Waals surface area contributed by atoms with Crippen molar-refractivity contribution >= 4 is 0 Å². The summed E-state index contributed by atoms with van der Waals surface area (Å²) < 4.78 is 11.8. The third-order valence-corrected chi connectivity index (χ3v) is 9.50. The minimum absolute atomic E-state index is 0.0151. The van der Waals surface area contributed by atoms with E-state index in [9.17, 15) is 25.5 Å². The molecule has 1 aliphatic heterocycles. The molecule has 3 fully saturated rings. The molecule has 1 saturated heterocycles. The fourth-order valence-corrected chi connectivity index (χ4v) is 7.28. The van der Waals surface area contributed by atoms with E-state index >= 15 is 0 Å². The summed E-state index contributed by atoms with van der Waals surface area (Å²) >= 11 is 0. The van der Waals surface area contributed by atoms with Crippen LogP contribution in [0.1, 0.15) is 79.6 Å². The van der Waals surface area contributed by atoms with Gasteiger partial charge in [-0.2, -0.15) is 0 Å². The van der Waals surface area contributed by atoms with Crippen molar-refractivity contribution in [3.8, 4) is 0 Å². The number of fused-ring (bicyclic) bond motifs is 1. The third-order valence-electron chi connectivity index (χ3n) is 9.50. The summed E-state index contributed by atoms with van der Waals surface area (Å²) in [5.74, 6) is 0.354. The van der Waals surface area contributed by atoms with Gasteiger partial charge in [0.15, 0.2) is 6.29 Å². The van der Waals surface area contributed by atoms with E-state index in [2.05, 4.69) is 20.4 Å². The first-order valence-electron chi connectivity index (χ1n) is 12.6. The van der Waals surface area contributed by atoms with E-state index in [4.69, 9.17) is 9.47 Å². The summed E-state index contributed by atoms with van der Waals surface area (Å²) in [5.41, 5.74) is -1.92. The fourth-order valence-electron chi connectivity index (χ4n) is 7.28. The van der Waals surface area contributed by atoms with Crippen molar-refractivity contribution in [3.63, 3.8) is 0 Å². The number of hydrogen-bond acceptors (Lipinski definition) is 7. The molecule has 2 saturated carbocycles. The predicted molar refractivity (Wildman–Crippen MR) is 125 cm³/mol. The van der Waals surface area contributed by atoms with Crippen molar-refractivity contribution in [2.45, 2.75) is 121 Å². The van der Waals surface area contributed by atoms with Crippen LogP contribution in [0, 0.1) is 22.7 Å². The van der Waals surface area contributed by atoms with Gasteiger partial charge in [0.1, 0.15) is 18.3 Å². The summed E-state index contributed by atoms with van der Waals surface area (Å²) in [6, 6.07) is 0. The van der Waals surface area contributed by atoms with Crippen LogP contribution in [0.3, 0.4) is 0 Å². The summed E-state index contributed by atoms with van der Waals surface area (Å²) in [6.45, 7) is 14.0. The Bertz CT molecular complexity index is 698. The molecule has 3 rings (SSSR count). The van der Waals surface area contributed by atoms with Crippen LogP contribution in [0.2, 0.25) is 0 Å². The minimum atomic E-state index is -1.38. The molecule has 3 aliphatic rings. The van der Waals surface area contributed by atoms with Gasteiger partial charge in [-0.3, -0.25) is 0 Å². The molecule has 0 aromatic heterocycles. The first-order chi connectivity index (χ1) is 15.2. The highest BCUT2D eigenvalue weighted by Gasteiger charge is 2.59. The van der Waals surface area contributed by atoms with Gasteiger partial charge in [0.05, 0.1) is 17.3 Å². The third kappa shape index (κ3) is 4.92. The van der Waals surface area contributed by atoms with Crippen molar-refractivity contribution in [2.24, 2.45) is 22.7 Å². The van der Waals surface area contributed by atoms with E-state index in [1.165, 1.54) is 0 Å². The largest absolute Gasteiger partial charge is 0.396 e. The van der Waals surface area contributed by atoms with Crippen molar-refractivity contribution in [1.82, 2.24) is 0 Å². The summed E-state index contributed by atoms with van der Waals surface area (Å²) in [4.78, 5) is 0. The molecule has 5 N–H and O–H groups in total. The van der Waals surface area contributed by atoms with E-state index in [-0.39, 0.29) is 23.4 Å². The standard InChI is InChI=1S/C26H46O7/c1-7-24(4,33-22-21(30)20(29)19(28)16(2)32-22)13-9-18-25(5)12-8-11-23(3,15-27)17(25)10-14-26(18,6)31/h7,16-22,27-31H,1,8-15H2,2-6H3. The molecule has 2 aliphatic carbocycles. The summed E-state index contributed by atoms with van der Waals surface area (Å²) in [5, 5.41) is 52.2. The van der Waals surface area contributed by atoms with Crippen molar-refractivity contribution in [1.29, 1.82) is 0 Å². The van der Waals surface area contributed by atoms with Gasteiger partial charge >= 0.3 is 0 Å². The molecule has 0 aromatic carbocycles. The van der Waals surface area contributed by atoms with Crippen LogP contribution in [0.4, 0.5) is 0 Å². The van der Waals surface area contributed by atoms with Crippen LogP contribution in [-0.2, 0) is 9.47 Å². The van der Waals surface area contributed by atoms with Gasteiger partial charge in [-0.25, -0.2) is 0 Å². The van der Waals surface area contributed by atoms with Gasteiger partial charge in [0.25, 0.3) is 0 Å². The van der Waals surface area contributed by atoms with Gasteiger partial charge in [0, 0.05) is 6.61 Å². The van der Waals surface area contributed by atoms with E-state index in [0.717, 1.165) is 25.7 Å². The smallest absolute Gasteiger partial charge is 0.187 e. The van der Waals surface area contributed by atoms with Crippen LogP contribution in [0.15, 0.2) is 12.7 Å². The highest BCUT2D eigenvalue weighted by molar-refractivity contribution is 5.09. The molecular formula is C26H46O7. The normalized spacial score (nSPS) is 50.3. The predicted octanol–water partition coefficient (Wildman–Crippen LogP) is 2.52. The van der Waals surface area contributed by atoms with Gasteiger partial charge in [-0.1, -0.05) is 26.3 Å². The number of aliphatic hydroxyl groups excluding tert-OH is 4. The van der Waals surface area contributed by atoms with Crippen molar-refractivity contribution in [2.75, 3.05) is 6.61 Å². The Labute approximate surface area is 198 Å². The molecule has 1 heterocycles. The van der Waals surface area contributed by atoms with Crippen LogP contribution in [0.5, 0.6) is 0 Å². The minimum Gasteiger partial charge on any atom is -0.396 e. The molecule has 0 spiro atoms. The Morgan fingerprint density at radius 3 is 2.36 bits per heavy atom. The van der Waals surface area contributed by atoms with Crippen LogP contribution >= 0.6 is 0 Å². The molecule has 0 amide bonds. The maximum absolute atomic E-state index is 11.5. The van der Waals surface area contributed by atoms with Gasteiger partial charge in [0.2, 0.25) is 0 Å². The number of hydrogen-bond donors (Lipinski definition) is 5. The Hall–Kier alpha value is -0.540. The Morgan fingerprint density at radius 2 is 1.76 bits per heavy atom. The van der Waals surface area contributed by atoms with Crippen LogP contribution in [-0.4, -0.2) is 74.0 Å². The monoisotopic (exact) mass is 470 g/mol. The van der Waals surface area contributed by atoms with E-state index in [1.54, 1.807) is 13.0 Å². The number of rotatable bonds is 7. The van der Waals surface area contributed by atoms with Gasteiger partial charge < -0.3 is 35.0 Å². The Balaban J connectivity index is 1.78. The molecule has 192 valence electrons. The second-order valence-electron chi connectivity index (χ2n) is 12.0. The first-order valence-corrected chi connectivity index (χ1v) is 12.6. The lowest BCUT2D eigenvalue weighted by molar-refractivity contribution is -0.313. The maximum Gasteiger partial charge on any atom is 0.187 e. The molecule has 0 radical (unpaired) electrons. The highest BCUT2D eigenvalue weighted by Crippen LogP contribution is 2.63. The average Bonchev–Trinajstić information content (AvgIpc) is 2.75. The molecular weight excluding hydrogens is 424 g/mol. The SMILES string of the molecule is C=CC(C)(CCC1C(C)(O)CCC2C(C)(CO)CCCC12C)OC1OC(C)C(O)C(O)C1O. The lowest BCUT2D eigenvalue weighted by Gasteiger charge is -2.62. The summed E-state index contributed by atoms with van der Waals surface area (Å²) in [6.07, 6.45) is 1.90. The molecule has 7 nitrogen and oxygen atoms in total. The Kier molecular flexibility index (Phi) is 7.78. The second-order valence-corrected chi connectivity index (χ2v) is 12.0. The lowest BCUT2D eigenvalue weighted by atomic mass is 9.44. The first kappa shape index (κ1) is 27.1. The quantitative estimate of drug-likeness (QED) is 0.363. The van der Waals surface area contributed by atoms with Gasteiger partial charge in [-0.15, -0.1) is 6.58 Å². The molecule has 7 heteroatoms. The molecule has 11 atom stereocenters. The average molecular weight is 471 g/mol. The Morgan fingerprint density at radius 1 is 1.09 bits per heavy atom. The number of aliphatic hydroxyl groups is 5. The molecule has 11 unspecified atom stereocenters. The van der Waals surface area contributed by atoms with Crippen LogP contribution in [0.25, 0.3) is 0 Å². The van der Waals surface area contributed by atoms with Gasteiger partial charge in [-0.05, 0) is 82.0 Å². The molecule has 0 aromatic rings. The molecule has 0 bridgehead atoms. The van der Waals surface area contributed by atoms with E-state index in [0.29, 0.717) is 25.2 Å². The second kappa shape index (κ2) is 9.49. The topological polar surface area (TPSA) is 120 Å². The zero-order valence-electron chi connectivity index (χ0n) is 21.0. The number of ether oxygens (including phenoxy) is 2. The van der Waals surface area contributed by atoms with E-state index < -0.39 is 41.9 Å². The lowest BCUT2D eigenvalue weighted by Crippen LogP contribution is -2.59. The molecule has 33 heavy (non-hydrogen) atoms. The zero-order valence-corrected chi connectivity index (χ0v) is 21.0. The van der Waals surface area contributed by atoms with Crippen LogP contribution < -0.4 is 0 Å². The zero-order chi connectivity index (χ0) is 24.8. The van der Waals surface area contributed by atoms with Crippen molar-refractivity contribution < 1.29 is 35.0 Å². The maximum atomic E-state index is 11.5. The fraction of sp³-hybridized carbons (Fsp3) is 0.923. The van der Waals surface area contributed by atoms with Crippen molar-refractivity contribution in [3.05, 3.63) is 12.7 Å². The van der Waals surface area contributed by atoms with E-state index in [1.807, 2.05) is 13.8 Å². The summed E-state index contributed by atoms with van der Waals surface area (Å²) in [7, 11) is 0.